The summed E-state index contributed by atoms with van der Waals surface area (Å²) in [6.07, 6.45) is 1.04. The van der Waals surface area contributed by atoms with E-state index in [0.29, 0.717) is 0 Å². The van der Waals surface area contributed by atoms with Crippen molar-refractivity contribution in [2.75, 3.05) is 18.1 Å². The van der Waals surface area contributed by atoms with Gasteiger partial charge in [0.1, 0.15) is 4.99 Å². The highest BCUT2D eigenvalue weighted by molar-refractivity contribution is 7.99. The lowest BCUT2D eigenvalue weighted by Gasteiger charge is -2.36. The highest BCUT2D eigenvalue weighted by Crippen LogP contribution is 2.49. The van der Waals surface area contributed by atoms with Crippen LogP contribution in [0.1, 0.15) is 25.8 Å². The summed E-state index contributed by atoms with van der Waals surface area (Å²) in [7, 11) is 0. The number of rotatable bonds is 5. The topological polar surface area (TPSA) is 35.5 Å². The third-order valence-electron chi connectivity index (χ3n) is 4.07. The van der Waals surface area contributed by atoms with E-state index >= 15 is 0 Å². The van der Waals surface area contributed by atoms with Crippen molar-refractivity contribution < 1.29 is 5.11 Å². The van der Waals surface area contributed by atoms with Crippen molar-refractivity contribution in [1.29, 1.82) is 0 Å². The molecule has 1 heterocycles. The highest BCUT2D eigenvalue weighted by Gasteiger charge is 2.27. The molecule has 126 valence electrons. The number of benzene rings is 2. The summed E-state index contributed by atoms with van der Waals surface area (Å²) >= 11 is 7.28. The second-order valence-electron chi connectivity index (χ2n) is 5.91. The lowest BCUT2D eigenvalue weighted by Crippen LogP contribution is -2.33. The van der Waals surface area contributed by atoms with E-state index in [0.717, 1.165) is 34.9 Å². The zero-order valence-corrected chi connectivity index (χ0v) is 15.6. The molecule has 5 heteroatoms. The van der Waals surface area contributed by atoms with Gasteiger partial charge in [-0.05, 0) is 37.6 Å². The van der Waals surface area contributed by atoms with E-state index in [1.54, 1.807) is 11.8 Å². The molecule has 2 N–H and O–H groups in total. The summed E-state index contributed by atoms with van der Waals surface area (Å²) in [6, 6.07) is 14.7. The average Bonchev–Trinajstić information content (AvgIpc) is 2.63. The van der Waals surface area contributed by atoms with Crippen LogP contribution < -0.4 is 10.2 Å². The van der Waals surface area contributed by atoms with Gasteiger partial charge in [-0.1, -0.05) is 49.1 Å². The van der Waals surface area contributed by atoms with Crippen molar-refractivity contribution in [3.05, 3.63) is 48.0 Å². The zero-order chi connectivity index (χ0) is 17.1. The smallest absolute Gasteiger partial charge is 0.106 e. The van der Waals surface area contributed by atoms with E-state index < -0.39 is 0 Å². The van der Waals surface area contributed by atoms with E-state index in [1.807, 2.05) is 13.0 Å². The summed E-state index contributed by atoms with van der Waals surface area (Å²) in [5, 5.41) is 13.0. The number of hydrogen-bond acceptors (Lipinski definition) is 4. The Labute approximate surface area is 153 Å². The van der Waals surface area contributed by atoms with Crippen molar-refractivity contribution in [3.63, 3.8) is 0 Å². The van der Waals surface area contributed by atoms with Gasteiger partial charge in [-0.25, -0.2) is 0 Å². The first-order valence-corrected chi connectivity index (χ1v) is 9.47. The van der Waals surface area contributed by atoms with Crippen LogP contribution in [0.25, 0.3) is 0 Å². The Morgan fingerprint density at radius 3 is 2.71 bits per heavy atom. The molecule has 0 aromatic heterocycles. The molecule has 2 aromatic rings. The lowest BCUT2D eigenvalue weighted by atomic mass is 10.1. The zero-order valence-electron chi connectivity index (χ0n) is 14.0. The van der Waals surface area contributed by atoms with E-state index in [1.165, 1.54) is 9.79 Å². The maximum Gasteiger partial charge on any atom is 0.106 e. The van der Waals surface area contributed by atoms with Crippen LogP contribution in [-0.2, 0) is 0 Å². The average molecular weight is 359 g/mol. The molecule has 0 saturated heterocycles. The molecule has 0 bridgehead atoms. The normalized spacial score (nSPS) is 13.9. The number of thiocarbonyl (C=S) groups is 1. The molecule has 0 spiro atoms. The number of anilines is 2. The first kappa shape index (κ1) is 17.3. The van der Waals surface area contributed by atoms with Gasteiger partial charge in [0.2, 0.25) is 0 Å². The number of hydrogen-bond donors (Lipinski definition) is 2. The largest absolute Gasteiger partial charge is 0.394 e. The van der Waals surface area contributed by atoms with Gasteiger partial charge in [0, 0.05) is 21.9 Å². The molecular weight excluding hydrogens is 336 g/mol. The number of aliphatic hydroxyl groups is 1. The molecule has 3 nitrogen and oxygen atoms in total. The van der Waals surface area contributed by atoms with E-state index in [-0.39, 0.29) is 12.6 Å². The van der Waals surface area contributed by atoms with Crippen LogP contribution in [0.15, 0.2) is 52.3 Å². The standard InChI is InChI=1S/C19H22N2OS2/c1-3-10-20-19(23)14-8-9-18-16(11-14)21(13(2)12-22)15-6-4-5-7-17(15)24-18/h4-9,11,13,22H,3,10,12H2,1-2H3,(H,20,23). The van der Waals surface area contributed by atoms with Crippen molar-refractivity contribution in [2.45, 2.75) is 36.1 Å². The SMILES string of the molecule is CCCNC(=S)c1ccc2c(c1)N(C(C)CO)c1ccccc1S2. The van der Waals surface area contributed by atoms with Crippen LogP contribution in [-0.4, -0.2) is 29.3 Å². The maximum absolute atomic E-state index is 9.75. The van der Waals surface area contributed by atoms with Crippen molar-refractivity contribution in [3.8, 4) is 0 Å². The molecule has 0 amide bonds. The number of nitrogens with zero attached hydrogens (tertiary/aromatic N) is 1. The minimum Gasteiger partial charge on any atom is -0.394 e. The number of aliphatic hydroxyl groups excluding tert-OH is 1. The third-order valence-corrected chi connectivity index (χ3v) is 5.58. The minimum absolute atomic E-state index is 0.00165. The van der Waals surface area contributed by atoms with Crippen LogP contribution in [0.3, 0.4) is 0 Å². The van der Waals surface area contributed by atoms with Gasteiger partial charge in [-0.3, -0.25) is 0 Å². The summed E-state index contributed by atoms with van der Waals surface area (Å²) in [5.74, 6) is 0. The van der Waals surface area contributed by atoms with Gasteiger partial charge in [0.15, 0.2) is 0 Å². The molecule has 2 aromatic carbocycles. The Hall–Kier alpha value is -1.56. The fourth-order valence-electron chi connectivity index (χ4n) is 2.82. The van der Waals surface area contributed by atoms with E-state index in [4.69, 9.17) is 12.2 Å². The molecule has 0 radical (unpaired) electrons. The Bertz CT molecular complexity index is 748. The second kappa shape index (κ2) is 7.55. The predicted octanol–water partition coefficient (Wildman–Crippen LogP) is 4.35. The number of para-hydroxylation sites is 1. The molecule has 0 aliphatic carbocycles. The third kappa shape index (κ3) is 3.29. The van der Waals surface area contributed by atoms with Crippen molar-refractivity contribution >= 4 is 40.3 Å². The van der Waals surface area contributed by atoms with Crippen LogP contribution in [0.4, 0.5) is 11.4 Å². The maximum atomic E-state index is 9.75. The lowest BCUT2D eigenvalue weighted by molar-refractivity contribution is 0.272. The molecule has 0 saturated carbocycles. The Morgan fingerprint density at radius 2 is 1.96 bits per heavy atom. The van der Waals surface area contributed by atoms with Crippen molar-refractivity contribution in [2.24, 2.45) is 0 Å². The van der Waals surface area contributed by atoms with Gasteiger partial charge in [-0.15, -0.1) is 0 Å². The summed E-state index contributed by atoms with van der Waals surface area (Å²) in [5.41, 5.74) is 3.27. The fraction of sp³-hybridized carbons (Fsp3) is 0.316. The molecule has 3 rings (SSSR count). The molecule has 1 atom stereocenters. The Kier molecular flexibility index (Phi) is 5.43. The molecule has 24 heavy (non-hydrogen) atoms. The van der Waals surface area contributed by atoms with Gasteiger partial charge < -0.3 is 15.3 Å². The second-order valence-corrected chi connectivity index (χ2v) is 7.40. The quantitative estimate of drug-likeness (QED) is 0.777. The first-order chi connectivity index (χ1) is 11.7. The Balaban J connectivity index is 2.03. The van der Waals surface area contributed by atoms with Crippen LogP contribution in [0, 0.1) is 0 Å². The first-order valence-electron chi connectivity index (χ1n) is 8.25. The minimum atomic E-state index is -0.00165. The summed E-state index contributed by atoms with van der Waals surface area (Å²) in [4.78, 5) is 5.40. The molecule has 1 unspecified atom stereocenters. The van der Waals surface area contributed by atoms with Crippen LogP contribution in [0.2, 0.25) is 0 Å². The fourth-order valence-corrected chi connectivity index (χ4v) is 4.10. The van der Waals surface area contributed by atoms with Crippen LogP contribution >= 0.6 is 24.0 Å². The summed E-state index contributed by atoms with van der Waals surface area (Å²) < 4.78 is 0. The number of fused-ring (bicyclic) bond motifs is 2. The molecule has 1 aliphatic rings. The monoisotopic (exact) mass is 358 g/mol. The predicted molar refractivity (Wildman–Crippen MR) is 106 cm³/mol. The Morgan fingerprint density at radius 1 is 1.21 bits per heavy atom. The van der Waals surface area contributed by atoms with Crippen LogP contribution in [0.5, 0.6) is 0 Å². The van der Waals surface area contributed by atoms with Gasteiger partial charge in [0.05, 0.1) is 24.0 Å². The molecule has 1 aliphatic heterocycles. The van der Waals surface area contributed by atoms with Gasteiger partial charge >= 0.3 is 0 Å². The molecule has 0 fully saturated rings. The van der Waals surface area contributed by atoms with Crippen molar-refractivity contribution in [1.82, 2.24) is 5.32 Å². The van der Waals surface area contributed by atoms with Gasteiger partial charge in [-0.2, -0.15) is 0 Å². The van der Waals surface area contributed by atoms with E-state index in [2.05, 4.69) is 53.5 Å². The molecular formula is C19H22N2OS2. The number of nitrogens with one attached hydrogen (secondary N) is 1. The van der Waals surface area contributed by atoms with Gasteiger partial charge in [0.25, 0.3) is 0 Å². The van der Waals surface area contributed by atoms with E-state index in [9.17, 15) is 5.11 Å². The highest BCUT2D eigenvalue weighted by atomic mass is 32.2. The summed E-state index contributed by atoms with van der Waals surface area (Å²) in [6.45, 7) is 5.14.